The SMILES string of the molecule is CCCC1=C(C(=O)OC(C)C)C(c2ccc(OCC)c(Br)c2)NC(=O)N1. The number of amides is 2. The molecule has 1 aromatic rings. The molecule has 1 heterocycles. The van der Waals surface area contributed by atoms with Gasteiger partial charge < -0.3 is 20.1 Å². The number of rotatable bonds is 7. The van der Waals surface area contributed by atoms with Gasteiger partial charge in [0.15, 0.2) is 0 Å². The minimum absolute atomic E-state index is 0.247. The van der Waals surface area contributed by atoms with Crippen molar-refractivity contribution in [2.45, 2.75) is 52.7 Å². The van der Waals surface area contributed by atoms with Gasteiger partial charge in [-0.25, -0.2) is 9.59 Å². The topological polar surface area (TPSA) is 76.7 Å². The number of hydrogen-bond donors (Lipinski definition) is 2. The Morgan fingerprint density at radius 3 is 2.62 bits per heavy atom. The molecular formula is C19H25BrN2O4. The number of hydrogen-bond acceptors (Lipinski definition) is 4. The number of halogens is 1. The van der Waals surface area contributed by atoms with Crippen molar-refractivity contribution in [1.82, 2.24) is 10.6 Å². The number of nitrogens with one attached hydrogen (secondary N) is 2. The van der Waals surface area contributed by atoms with E-state index >= 15 is 0 Å². The van der Waals surface area contributed by atoms with E-state index in [0.29, 0.717) is 30.0 Å². The summed E-state index contributed by atoms with van der Waals surface area (Å²) in [7, 11) is 0. The molecule has 0 radical (unpaired) electrons. The minimum atomic E-state index is -0.580. The van der Waals surface area contributed by atoms with E-state index in [0.717, 1.165) is 16.5 Å². The Labute approximate surface area is 162 Å². The third-order valence-corrected chi connectivity index (χ3v) is 4.43. The maximum Gasteiger partial charge on any atom is 0.338 e. The van der Waals surface area contributed by atoms with Crippen molar-refractivity contribution in [2.75, 3.05) is 6.61 Å². The second-order valence-electron chi connectivity index (χ2n) is 6.25. The number of carbonyl (C=O) groups is 2. The Morgan fingerprint density at radius 1 is 1.31 bits per heavy atom. The minimum Gasteiger partial charge on any atom is -0.493 e. The normalized spacial score (nSPS) is 17.0. The van der Waals surface area contributed by atoms with Gasteiger partial charge in [-0.2, -0.15) is 0 Å². The zero-order valence-corrected chi connectivity index (χ0v) is 17.1. The van der Waals surface area contributed by atoms with Gasteiger partial charge >= 0.3 is 12.0 Å². The van der Waals surface area contributed by atoms with E-state index < -0.39 is 12.0 Å². The van der Waals surface area contributed by atoms with Gasteiger partial charge in [0.05, 0.1) is 28.8 Å². The Morgan fingerprint density at radius 2 is 2.04 bits per heavy atom. The van der Waals surface area contributed by atoms with Crippen molar-refractivity contribution in [3.8, 4) is 5.75 Å². The summed E-state index contributed by atoms with van der Waals surface area (Å²) >= 11 is 3.49. The first-order valence-electron chi connectivity index (χ1n) is 8.81. The quantitative estimate of drug-likeness (QED) is 0.642. The van der Waals surface area contributed by atoms with Crippen LogP contribution >= 0.6 is 15.9 Å². The summed E-state index contributed by atoms with van der Waals surface area (Å²) in [6, 6.07) is 4.61. The van der Waals surface area contributed by atoms with Gasteiger partial charge in [0.2, 0.25) is 0 Å². The number of allylic oxidation sites excluding steroid dienone is 1. The highest BCUT2D eigenvalue weighted by atomic mass is 79.9. The van der Waals surface area contributed by atoms with E-state index in [2.05, 4.69) is 26.6 Å². The fourth-order valence-corrected chi connectivity index (χ4v) is 3.31. The lowest BCUT2D eigenvalue weighted by Gasteiger charge is -2.30. The van der Waals surface area contributed by atoms with Crippen LogP contribution in [0.1, 0.15) is 52.1 Å². The first-order valence-corrected chi connectivity index (χ1v) is 9.60. The first kappa shape index (κ1) is 20.3. The molecule has 1 unspecified atom stereocenters. The highest BCUT2D eigenvalue weighted by Gasteiger charge is 2.34. The van der Waals surface area contributed by atoms with Gasteiger partial charge in [-0.1, -0.05) is 19.4 Å². The van der Waals surface area contributed by atoms with Gasteiger partial charge in [-0.05, 0) is 60.8 Å². The van der Waals surface area contributed by atoms with E-state index in [4.69, 9.17) is 9.47 Å². The largest absolute Gasteiger partial charge is 0.493 e. The Hall–Kier alpha value is -2.02. The fraction of sp³-hybridized carbons (Fsp3) is 0.474. The molecule has 0 fully saturated rings. The number of ether oxygens (including phenoxy) is 2. The molecule has 2 amide bonds. The monoisotopic (exact) mass is 424 g/mol. The van der Waals surface area contributed by atoms with Gasteiger partial charge in [0, 0.05) is 5.70 Å². The lowest BCUT2D eigenvalue weighted by molar-refractivity contribution is -0.143. The molecule has 7 heteroatoms. The van der Waals surface area contributed by atoms with E-state index in [1.165, 1.54) is 0 Å². The summed E-state index contributed by atoms with van der Waals surface area (Å²) in [4.78, 5) is 24.9. The van der Waals surface area contributed by atoms with E-state index in [9.17, 15) is 9.59 Å². The number of esters is 1. The van der Waals surface area contributed by atoms with Gasteiger partial charge in [-0.15, -0.1) is 0 Å². The first-order chi connectivity index (χ1) is 12.4. The molecular weight excluding hydrogens is 400 g/mol. The number of urea groups is 1. The molecule has 0 saturated heterocycles. The molecule has 142 valence electrons. The van der Waals surface area contributed by atoms with Crippen molar-refractivity contribution in [2.24, 2.45) is 0 Å². The van der Waals surface area contributed by atoms with Crippen LogP contribution in [0.4, 0.5) is 4.79 Å². The lowest BCUT2D eigenvalue weighted by Crippen LogP contribution is -2.46. The highest BCUT2D eigenvalue weighted by molar-refractivity contribution is 9.10. The molecule has 6 nitrogen and oxygen atoms in total. The van der Waals surface area contributed by atoms with Crippen LogP contribution < -0.4 is 15.4 Å². The number of benzene rings is 1. The van der Waals surface area contributed by atoms with Crippen LogP contribution in [0.2, 0.25) is 0 Å². The molecule has 0 aromatic heterocycles. The maximum atomic E-state index is 12.7. The smallest absolute Gasteiger partial charge is 0.338 e. The van der Waals surface area contributed by atoms with Crippen LogP contribution in [-0.4, -0.2) is 24.7 Å². The molecule has 2 N–H and O–H groups in total. The second-order valence-corrected chi connectivity index (χ2v) is 7.10. The molecule has 0 spiro atoms. The zero-order chi connectivity index (χ0) is 19.3. The predicted octanol–water partition coefficient (Wildman–Crippen LogP) is 4.21. The van der Waals surface area contributed by atoms with Crippen molar-refractivity contribution < 1.29 is 19.1 Å². The molecule has 0 aliphatic carbocycles. The second kappa shape index (κ2) is 9.07. The highest BCUT2D eigenvalue weighted by Crippen LogP contribution is 2.34. The van der Waals surface area contributed by atoms with Crippen LogP contribution in [0, 0.1) is 0 Å². The zero-order valence-electron chi connectivity index (χ0n) is 15.5. The average Bonchev–Trinajstić information content (AvgIpc) is 2.56. The summed E-state index contributed by atoms with van der Waals surface area (Å²) in [6.45, 7) is 8.06. The van der Waals surface area contributed by atoms with Crippen molar-refractivity contribution in [3.05, 3.63) is 39.5 Å². The molecule has 0 saturated carbocycles. The summed E-state index contributed by atoms with van der Waals surface area (Å²) < 4.78 is 11.7. The fourth-order valence-electron chi connectivity index (χ4n) is 2.80. The van der Waals surface area contributed by atoms with Crippen molar-refractivity contribution in [1.29, 1.82) is 0 Å². The molecule has 0 bridgehead atoms. The summed E-state index contributed by atoms with van der Waals surface area (Å²) in [5.41, 5.74) is 1.83. The molecule has 1 aliphatic heterocycles. The Bertz CT molecular complexity index is 715. The van der Waals surface area contributed by atoms with E-state index in [1.807, 2.05) is 32.0 Å². The van der Waals surface area contributed by atoms with Crippen LogP contribution in [0.15, 0.2) is 33.9 Å². The van der Waals surface area contributed by atoms with Crippen molar-refractivity contribution in [3.63, 3.8) is 0 Å². The average molecular weight is 425 g/mol. The molecule has 26 heavy (non-hydrogen) atoms. The summed E-state index contributed by atoms with van der Waals surface area (Å²) in [5, 5.41) is 5.59. The third-order valence-electron chi connectivity index (χ3n) is 3.81. The van der Waals surface area contributed by atoms with E-state index in [1.54, 1.807) is 13.8 Å². The molecule has 1 aromatic carbocycles. The Balaban J connectivity index is 2.48. The molecule has 1 atom stereocenters. The van der Waals surface area contributed by atoms with Crippen LogP contribution in [0.5, 0.6) is 5.75 Å². The predicted molar refractivity (Wildman–Crippen MR) is 103 cm³/mol. The van der Waals surface area contributed by atoms with E-state index in [-0.39, 0.29) is 12.1 Å². The maximum absolute atomic E-state index is 12.7. The third kappa shape index (κ3) is 4.78. The molecule has 2 rings (SSSR count). The Kier molecular flexibility index (Phi) is 7.08. The van der Waals surface area contributed by atoms with Crippen LogP contribution in [0.25, 0.3) is 0 Å². The standard InChI is InChI=1S/C19H25BrN2O4/c1-5-7-14-16(18(23)26-11(3)4)17(22-19(24)21-14)12-8-9-15(25-6-2)13(20)10-12/h8-11,17H,5-7H2,1-4H3,(H2,21,22,24). The van der Waals surface area contributed by atoms with Gasteiger partial charge in [-0.3, -0.25) is 0 Å². The molecule has 1 aliphatic rings. The van der Waals surface area contributed by atoms with Crippen LogP contribution in [-0.2, 0) is 9.53 Å². The van der Waals surface area contributed by atoms with Crippen molar-refractivity contribution >= 4 is 27.9 Å². The van der Waals surface area contributed by atoms with Gasteiger partial charge in [0.1, 0.15) is 5.75 Å². The lowest BCUT2D eigenvalue weighted by atomic mass is 9.93. The summed E-state index contributed by atoms with van der Waals surface area (Å²) in [5.74, 6) is 0.284. The number of carbonyl (C=O) groups excluding carboxylic acids is 2. The summed E-state index contributed by atoms with van der Waals surface area (Å²) in [6.07, 6.45) is 1.14. The van der Waals surface area contributed by atoms with Crippen LogP contribution in [0.3, 0.4) is 0 Å². The van der Waals surface area contributed by atoms with Gasteiger partial charge in [0.25, 0.3) is 0 Å².